The Morgan fingerprint density at radius 1 is 0.419 bits per heavy atom. The highest BCUT2D eigenvalue weighted by atomic mass is 16.7. The first-order valence-corrected chi connectivity index (χ1v) is 11.4. The molecule has 2 rings (SSSR count). The Labute approximate surface area is 191 Å². The maximum absolute atomic E-state index is 6.11. The summed E-state index contributed by atoms with van der Waals surface area (Å²) < 4.78 is 12.2. The molecule has 0 fully saturated rings. The molecule has 0 unspecified atom stereocenters. The largest absolute Gasteiger partial charge is 0.457 e. The molecule has 0 heterocycles. The second kappa shape index (κ2) is 8.52. The molecule has 0 saturated carbocycles. The van der Waals surface area contributed by atoms with Gasteiger partial charge in [-0.05, 0) is 68.2 Å². The lowest BCUT2D eigenvalue weighted by Crippen LogP contribution is -2.18. The minimum absolute atomic E-state index is 0.0584. The van der Waals surface area contributed by atoms with E-state index in [4.69, 9.17) is 9.47 Å². The van der Waals surface area contributed by atoms with Crippen molar-refractivity contribution in [2.45, 2.75) is 105 Å². The van der Waals surface area contributed by atoms with Crippen molar-refractivity contribution in [2.75, 3.05) is 6.79 Å². The summed E-state index contributed by atoms with van der Waals surface area (Å²) in [5.74, 6) is 1.72. The van der Waals surface area contributed by atoms with Crippen LogP contribution < -0.4 is 9.47 Å². The zero-order valence-corrected chi connectivity index (χ0v) is 22.0. The van der Waals surface area contributed by atoms with Crippen LogP contribution in [0.25, 0.3) is 0 Å². The van der Waals surface area contributed by atoms with Crippen LogP contribution in [0, 0.1) is 0 Å². The molecule has 2 aromatic rings. The maximum Gasteiger partial charge on any atom is 0.230 e. The van der Waals surface area contributed by atoms with E-state index in [1.165, 1.54) is 22.3 Å². The Balaban J connectivity index is 2.29. The van der Waals surface area contributed by atoms with Crippen molar-refractivity contribution in [3.05, 3.63) is 58.7 Å². The molecule has 31 heavy (non-hydrogen) atoms. The average Bonchev–Trinajstić information content (AvgIpc) is 2.58. The Kier molecular flexibility index (Phi) is 6.96. The van der Waals surface area contributed by atoms with Gasteiger partial charge < -0.3 is 9.47 Å². The lowest BCUT2D eigenvalue weighted by atomic mass is 9.80. The molecule has 2 aromatic carbocycles. The number of benzene rings is 2. The van der Waals surface area contributed by atoms with Crippen molar-refractivity contribution in [3.8, 4) is 11.5 Å². The van der Waals surface area contributed by atoms with Crippen molar-refractivity contribution in [3.63, 3.8) is 0 Å². The standard InChI is InChI=1S/C29H44O2/c1-26(2,3)20-13-21(27(4,5)6)16-24(15-20)30-19-31-25-17-22(28(7,8)9)14-23(18-25)29(10,11)12/h13-18H,19H2,1-12H3. The SMILES string of the molecule is CC(C)(C)c1cc(OCOc2cc(C(C)(C)C)cc(C(C)(C)C)c2)cc(C(C)(C)C)c1. The molecule has 0 bridgehead atoms. The van der Waals surface area contributed by atoms with Crippen LogP contribution in [-0.4, -0.2) is 6.79 Å². The van der Waals surface area contributed by atoms with Gasteiger partial charge in [0.15, 0.2) is 0 Å². The number of hydrogen-bond acceptors (Lipinski definition) is 2. The number of hydrogen-bond donors (Lipinski definition) is 0. The normalized spacial score (nSPS) is 13.3. The van der Waals surface area contributed by atoms with Gasteiger partial charge in [-0.25, -0.2) is 0 Å². The van der Waals surface area contributed by atoms with Crippen LogP contribution in [0.15, 0.2) is 36.4 Å². The molecule has 0 N–H and O–H groups in total. The summed E-state index contributed by atoms with van der Waals surface area (Å²) in [4.78, 5) is 0. The minimum Gasteiger partial charge on any atom is -0.457 e. The second-order valence-corrected chi connectivity index (χ2v) is 12.9. The molecule has 0 aliphatic heterocycles. The predicted octanol–water partition coefficient (Wildman–Crippen LogP) is 8.29. The fourth-order valence-corrected chi connectivity index (χ4v) is 3.26. The Hall–Kier alpha value is -1.96. The third-order valence-electron chi connectivity index (χ3n) is 5.73. The van der Waals surface area contributed by atoms with Crippen LogP contribution in [0.4, 0.5) is 0 Å². The summed E-state index contributed by atoms with van der Waals surface area (Å²) in [6, 6.07) is 13.2. The van der Waals surface area contributed by atoms with Crippen LogP contribution in [0.2, 0.25) is 0 Å². The lowest BCUT2D eigenvalue weighted by Gasteiger charge is -2.27. The van der Waals surface area contributed by atoms with Crippen molar-refractivity contribution in [1.29, 1.82) is 0 Å². The van der Waals surface area contributed by atoms with Gasteiger partial charge >= 0.3 is 0 Å². The van der Waals surface area contributed by atoms with Crippen molar-refractivity contribution < 1.29 is 9.47 Å². The van der Waals surface area contributed by atoms with E-state index in [0.29, 0.717) is 0 Å². The van der Waals surface area contributed by atoms with E-state index >= 15 is 0 Å². The van der Waals surface area contributed by atoms with Gasteiger partial charge in [0, 0.05) is 0 Å². The molecule has 0 aliphatic rings. The van der Waals surface area contributed by atoms with E-state index in [9.17, 15) is 0 Å². The van der Waals surface area contributed by atoms with Crippen molar-refractivity contribution in [1.82, 2.24) is 0 Å². The van der Waals surface area contributed by atoms with E-state index in [0.717, 1.165) is 11.5 Å². The molecular weight excluding hydrogens is 380 g/mol. The molecule has 0 aliphatic carbocycles. The summed E-state index contributed by atoms with van der Waals surface area (Å²) in [7, 11) is 0. The number of rotatable bonds is 4. The van der Waals surface area contributed by atoms with E-state index < -0.39 is 0 Å². The summed E-state index contributed by atoms with van der Waals surface area (Å²) >= 11 is 0. The molecular formula is C29H44O2. The molecule has 2 heteroatoms. The molecule has 0 aromatic heterocycles. The Bertz CT molecular complexity index is 754. The summed E-state index contributed by atoms with van der Waals surface area (Å²) in [5.41, 5.74) is 5.34. The van der Waals surface area contributed by atoms with Crippen LogP contribution >= 0.6 is 0 Å². The summed E-state index contributed by atoms with van der Waals surface area (Å²) in [6.45, 7) is 27.0. The predicted molar refractivity (Wildman–Crippen MR) is 134 cm³/mol. The van der Waals surface area contributed by atoms with Gasteiger partial charge in [-0.1, -0.05) is 95.2 Å². The smallest absolute Gasteiger partial charge is 0.230 e. The monoisotopic (exact) mass is 424 g/mol. The highest BCUT2D eigenvalue weighted by Gasteiger charge is 2.22. The second-order valence-electron chi connectivity index (χ2n) is 12.9. The van der Waals surface area contributed by atoms with Gasteiger partial charge in [-0.2, -0.15) is 0 Å². The summed E-state index contributed by atoms with van der Waals surface area (Å²) in [6.07, 6.45) is 0. The van der Waals surface area contributed by atoms with Crippen LogP contribution in [0.5, 0.6) is 11.5 Å². The molecule has 0 saturated heterocycles. The fourth-order valence-electron chi connectivity index (χ4n) is 3.26. The van der Waals surface area contributed by atoms with Gasteiger partial charge in [0.05, 0.1) is 0 Å². The first-order valence-electron chi connectivity index (χ1n) is 11.4. The van der Waals surface area contributed by atoms with Crippen molar-refractivity contribution in [2.24, 2.45) is 0 Å². The third-order valence-corrected chi connectivity index (χ3v) is 5.73. The fraction of sp³-hybridized carbons (Fsp3) is 0.586. The van der Waals surface area contributed by atoms with Gasteiger partial charge in [0.25, 0.3) is 0 Å². The lowest BCUT2D eigenvalue weighted by molar-refractivity contribution is 0.119. The highest BCUT2D eigenvalue weighted by molar-refractivity contribution is 5.42. The molecule has 0 atom stereocenters. The first kappa shape index (κ1) is 25.3. The maximum atomic E-state index is 6.11. The zero-order chi connectivity index (χ0) is 23.8. The molecule has 2 nitrogen and oxygen atoms in total. The van der Waals surface area contributed by atoms with Gasteiger partial charge in [-0.3, -0.25) is 0 Å². The Morgan fingerprint density at radius 3 is 0.839 bits per heavy atom. The topological polar surface area (TPSA) is 18.5 Å². The zero-order valence-electron chi connectivity index (χ0n) is 22.0. The summed E-state index contributed by atoms with van der Waals surface area (Å²) in [5, 5.41) is 0. The van der Waals surface area contributed by atoms with Gasteiger partial charge in [0.2, 0.25) is 6.79 Å². The average molecular weight is 425 g/mol. The van der Waals surface area contributed by atoms with Gasteiger partial charge in [0.1, 0.15) is 11.5 Å². The first-order chi connectivity index (χ1) is 13.9. The molecule has 0 spiro atoms. The molecule has 172 valence electrons. The van der Waals surface area contributed by atoms with Crippen LogP contribution in [0.1, 0.15) is 105 Å². The van der Waals surface area contributed by atoms with E-state index in [1.807, 2.05) is 0 Å². The minimum atomic E-state index is 0.0584. The van der Waals surface area contributed by atoms with E-state index in [2.05, 4.69) is 119 Å². The number of ether oxygens (including phenoxy) is 2. The Morgan fingerprint density at radius 2 is 0.645 bits per heavy atom. The van der Waals surface area contributed by atoms with E-state index in [-0.39, 0.29) is 28.5 Å². The van der Waals surface area contributed by atoms with Crippen molar-refractivity contribution >= 4 is 0 Å². The third kappa shape index (κ3) is 7.02. The van der Waals surface area contributed by atoms with E-state index in [1.54, 1.807) is 0 Å². The van der Waals surface area contributed by atoms with Crippen LogP contribution in [0.3, 0.4) is 0 Å². The quantitative estimate of drug-likeness (QED) is 0.460. The van der Waals surface area contributed by atoms with Gasteiger partial charge in [-0.15, -0.1) is 0 Å². The van der Waals surface area contributed by atoms with Crippen LogP contribution in [-0.2, 0) is 21.7 Å². The molecule has 0 radical (unpaired) electrons. The highest BCUT2D eigenvalue weighted by Crippen LogP contribution is 2.34. The molecule has 0 amide bonds.